The number of urea groups is 1. The molecule has 176 valence electrons. The largest absolute Gasteiger partial charge is 0.468 e. The summed E-state index contributed by atoms with van der Waals surface area (Å²) in [6.07, 6.45) is -14.4. The standard InChI is InChI=1S/C16H11F9N4O3/c17-14(18,19)6-31-10-5-11(32-7-15(20,21)22)28-13(27-10)29(12(26)30)9-3-1-8(2-4-9)16(23,24)25/h1-5H,6-7H2,(H2,26,30). The molecular weight excluding hydrogens is 467 g/mol. The van der Waals surface area contributed by atoms with Crippen molar-refractivity contribution < 1.29 is 53.8 Å². The fourth-order valence-corrected chi connectivity index (χ4v) is 2.09. The lowest BCUT2D eigenvalue weighted by molar-refractivity contribution is -0.154. The van der Waals surface area contributed by atoms with Crippen molar-refractivity contribution in [3.8, 4) is 11.8 Å². The molecule has 2 aromatic rings. The molecule has 0 aliphatic rings. The van der Waals surface area contributed by atoms with Crippen LogP contribution in [0.15, 0.2) is 30.3 Å². The molecule has 2 rings (SSSR count). The Bertz CT molecular complexity index is 907. The zero-order valence-corrected chi connectivity index (χ0v) is 15.3. The van der Waals surface area contributed by atoms with Gasteiger partial charge in [-0.05, 0) is 24.3 Å². The average Bonchev–Trinajstić information content (AvgIpc) is 2.63. The van der Waals surface area contributed by atoms with Gasteiger partial charge in [-0.15, -0.1) is 0 Å². The number of amides is 2. The maximum atomic E-state index is 12.7. The summed E-state index contributed by atoms with van der Waals surface area (Å²) in [6, 6.07) is 1.70. The van der Waals surface area contributed by atoms with Gasteiger partial charge in [0.25, 0.3) is 0 Å². The lowest BCUT2D eigenvalue weighted by Gasteiger charge is -2.20. The molecule has 0 aliphatic carbocycles. The number of carbonyl (C=O) groups is 1. The van der Waals surface area contributed by atoms with E-state index in [1.165, 1.54) is 0 Å². The molecule has 2 amide bonds. The smallest absolute Gasteiger partial charge is 0.422 e. The number of benzene rings is 1. The highest BCUT2D eigenvalue weighted by Crippen LogP contribution is 2.33. The topological polar surface area (TPSA) is 90.6 Å². The van der Waals surface area contributed by atoms with E-state index in [1.807, 2.05) is 0 Å². The summed E-state index contributed by atoms with van der Waals surface area (Å²) in [5.41, 5.74) is 3.67. The molecule has 0 radical (unpaired) electrons. The summed E-state index contributed by atoms with van der Waals surface area (Å²) >= 11 is 0. The molecule has 2 N–H and O–H groups in total. The van der Waals surface area contributed by atoms with Gasteiger partial charge in [-0.1, -0.05) is 0 Å². The third kappa shape index (κ3) is 7.35. The number of nitrogens with two attached hydrogens (primary N) is 1. The zero-order valence-electron chi connectivity index (χ0n) is 15.3. The van der Waals surface area contributed by atoms with E-state index in [4.69, 9.17) is 5.73 Å². The minimum atomic E-state index is -4.85. The maximum absolute atomic E-state index is 12.7. The van der Waals surface area contributed by atoms with Gasteiger partial charge >= 0.3 is 24.6 Å². The summed E-state index contributed by atoms with van der Waals surface area (Å²) in [5, 5.41) is 0. The molecule has 1 aromatic carbocycles. The predicted molar refractivity (Wildman–Crippen MR) is 88.3 cm³/mol. The molecule has 0 fully saturated rings. The first-order chi connectivity index (χ1) is 14.5. The van der Waals surface area contributed by atoms with E-state index in [2.05, 4.69) is 19.4 Å². The highest BCUT2D eigenvalue weighted by molar-refractivity contribution is 5.96. The summed E-state index contributed by atoms with van der Waals surface area (Å²) < 4.78 is 121. The Kier molecular flexibility index (Phi) is 6.94. The molecule has 0 saturated heterocycles. The fourth-order valence-electron chi connectivity index (χ4n) is 2.09. The number of halogens is 9. The first-order valence-electron chi connectivity index (χ1n) is 8.10. The molecule has 1 heterocycles. The van der Waals surface area contributed by atoms with E-state index in [0.29, 0.717) is 23.1 Å². The van der Waals surface area contributed by atoms with Gasteiger partial charge in [-0.2, -0.15) is 49.5 Å². The monoisotopic (exact) mass is 478 g/mol. The molecule has 0 unspecified atom stereocenters. The normalized spacial score (nSPS) is 12.4. The number of anilines is 2. The molecule has 0 saturated carbocycles. The molecule has 0 bridgehead atoms. The Morgan fingerprint density at radius 1 is 0.844 bits per heavy atom. The Morgan fingerprint density at radius 3 is 1.62 bits per heavy atom. The molecule has 16 heteroatoms. The zero-order chi connectivity index (χ0) is 24.3. The van der Waals surface area contributed by atoms with Crippen LogP contribution in [0, 0.1) is 0 Å². The van der Waals surface area contributed by atoms with E-state index >= 15 is 0 Å². The van der Waals surface area contributed by atoms with Crippen molar-refractivity contribution in [2.45, 2.75) is 18.5 Å². The lowest BCUT2D eigenvalue weighted by atomic mass is 10.2. The number of rotatable bonds is 6. The Labute approximate surface area is 172 Å². The number of aromatic nitrogens is 2. The van der Waals surface area contributed by atoms with E-state index in [9.17, 15) is 44.3 Å². The van der Waals surface area contributed by atoms with Crippen molar-refractivity contribution in [1.82, 2.24) is 9.97 Å². The molecule has 0 spiro atoms. The summed E-state index contributed by atoms with van der Waals surface area (Å²) in [4.78, 5) is 19.1. The second-order valence-corrected chi connectivity index (χ2v) is 5.87. The first kappa shape index (κ1) is 24.8. The van der Waals surface area contributed by atoms with E-state index in [-0.39, 0.29) is 5.69 Å². The third-order valence-electron chi connectivity index (χ3n) is 3.31. The van der Waals surface area contributed by atoms with Crippen LogP contribution in [-0.4, -0.2) is 41.6 Å². The van der Waals surface area contributed by atoms with Crippen LogP contribution in [0.2, 0.25) is 0 Å². The maximum Gasteiger partial charge on any atom is 0.422 e. The van der Waals surface area contributed by atoms with Crippen LogP contribution in [0.4, 0.5) is 55.9 Å². The van der Waals surface area contributed by atoms with Gasteiger partial charge in [0, 0.05) is 0 Å². The van der Waals surface area contributed by atoms with Gasteiger partial charge in [0.2, 0.25) is 17.7 Å². The predicted octanol–water partition coefficient (Wildman–Crippen LogP) is 4.59. The van der Waals surface area contributed by atoms with E-state index in [0.717, 1.165) is 12.1 Å². The molecule has 0 atom stereocenters. The van der Waals surface area contributed by atoms with E-state index < -0.39 is 61.0 Å². The quantitative estimate of drug-likeness (QED) is 0.614. The summed E-state index contributed by atoms with van der Waals surface area (Å²) in [5.74, 6) is -2.79. The Balaban J connectivity index is 2.47. The third-order valence-corrected chi connectivity index (χ3v) is 3.31. The van der Waals surface area contributed by atoms with Crippen LogP contribution in [0.25, 0.3) is 0 Å². The number of alkyl halides is 9. The molecule has 32 heavy (non-hydrogen) atoms. The lowest BCUT2D eigenvalue weighted by Crippen LogP contribution is -2.33. The number of carbonyl (C=O) groups excluding carboxylic acids is 1. The van der Waals surface area contributed by atoms with Crippen molar-refractivity contribution in [3.05, 3.63) is 35.9 Å². The highest BCUT2D eigenvalue weighted by atomic mass is 19.4. The number of hydrogen-bond acceptors (Lipinski definition) is 5. The van der Waals surface area contributed by atoms with E-state index in [1.54, 1.807) is 0 Å². The van der Waals surface area contributed by atoms with Crippen LogP contribution >= 0.6 is 0 Å². The molecular formula is C16H11F9N4O3. The molecule has 1 aromatic heterocycles. The number of hydrogen-bond donors (Lipinski definition) is 1. The van der Waals surface area contributed by atoms with Gasteiger partial charge in [0.1, 0.15) is 0 Å². The number of nitrogens with zero attached hydrogens (tertiary/aromatic N) is 3. The SMILES string of the molecule is NC(=O)N(c1ccc(C(F)(F)F)cc1)c1nc(OCC(F)(F)F)cc(OCC(F)(F)F)n1. The van der Waals surface area contributed by atoms with Gasteiger partial charge in [0.05, 0.1) is 17.3 Å². The van der Waals surface area contributed by atoms with Crippen molar-refractivity contribution in [2.75, 3.05) is 18.1 Å². The van der Waals surface area contributed by atoms with Gasteiger partial charge in [0.15, 0.2) is 13.2 Å². The number of ether oxygens (including phenoxy) is 2. The Morgan fingerprint density at radius 2 is 1.28 bits per heavy atom. The van der Waals surface area contributed by atoms with Gasteiger partial charge in [-0.3, -0.25) is 0 Å². The highest BCUT2D eigenvalue weighted by Gasteiger charge is 2.32. The van der Waals surface area contributed by atoms with Gasteiger partial charge in [-0.25, -0.2) is 9.69 Å². The minimum absolute atomic E-state index is 0.334. The molecule has 7 nitrogen and oxygen atoms in total. The first-order valence-corrected chi connectivity index (χ1v) is 8.10. The van der Waals surface area contributed by atoms with Crippen molar-refractivity contribution in [1.29, 1.82) is 0 Å². The van der Waals surface area contributed by atoms with Crippen LogP contribution in [0.5, 0.6) is 11.8 Å². The summed E-state index contributed by atoms with van der Waals surface area (Å²) in [7, 11) is 0. The minimum Gasteiger partial charge on any atom is -0.468 e. The van der Waals surface area contributed by atoms with Crippen LogP contribution in [-0.2, 0) is 6.18 Å². The fraction of sp³-hybridized carbons (Fsp3) is 0.312. The average molecular weight is 478 g/mol. The van der Waals surface area contributed by atoms with Crippen molar-refractivity contribution in [2.24, 2.45) is 5.73 Å². The van der Waals surface area contributed by atoms with Crippen LogP contribution in [0.1, 0.15) is 5.56 Å². The van der Waals surface area contributed by atoms with Crippen LogP contribution < -0.4 is 20.1 Å². The Hall–Kier alpha value is -3.46. The second kappa shape index (κ2) is 8.96. The van der Waals surface area contributed by atoms with Gasteiger partial charge < -0.3 is 15.2 Å². The number of primary amides is 1. The summed E-state index contributed by atoms with van der Waals surface area (Å²) in [6.45, 7) is -3.81. The van der Waals surface area contributed by atoms with Crippen molar-refractivity contribution in [3.63, 3.8) is 0 Å². The van der Waals surface area contributed by atoms with Crippen molar-refractivity contribution >= 4 is 17.7 Å². The van der Waals surface area contributed by atoms with Crippen LogP contribution in [0.3, 0.4) is 0 Å². The molecule has 0 aliphatic heterocycles. The second-order valence-electron chi connectivity index (χ2n) is 5.87.